The highest BCUT2D eigenvalue weighted by Gasteiger charge is 2.12. The number of rotatable bonds is 3. The molecule has 0 bridgehead atoms. The molecule has 0 spiro atoms. The van der Waals surface area contributed by atoms with Crippen LogP contribution in [0.15, 0.2) is 29.0 Å². The summed E-state index contributed by atoms with van der Waals surface area (Å²) < 4.78 is 5.16. The van der Waals surface area contributed by atoms with Crippen LogP contribution in [0, 0.1) is 6.92 Å². The molecule has 0 aliphatic carbocycles. The zero-order valence-electron chi connectivity index (χ0n) is 7.80. The monoisotopic (exact) mass is 209 g/mol. The van der Waals surface area contributed by atoms with E-state index < -0.39 is 6.10 Å². The number of aryl methyl sites for hydroxylation is 1. The van der Waals surface area contributed by atoms with E-state index in [1.54, 1.807) is 12.5 Å². The molecule has 4 heteroatoms. The minimum absolute atomic E-state index is 0.507. The van der Waals surface area contributed by atoms with Gasteiger partial charge in [0, 0.05) is 12.6 Å². The number of furan rings is 1. The molecule has 0 fully saturated rings. The van der Waals surface area contributed by atoms with Crippen LogP contribution in [-0.2, 0) is 6.42 Å². The molecule has 1 atom stereocenters. The minimum Gasteiger partial charge on any atom is -0.469 e. The summed E-state index contributed by atoms with van der Waals surface area (Å²) >= 11 is 1.51. The third-order valence-electron chi connectivity index (χ3n) is 1.94. The second-order valence-corrected chi connectivity index (χ2v) is 4.35. The van der Waals surface area contributed by atoms with Gasteiger partial charge in [-0.3, -0.25) is 0 Å². The van der Waals surface area contributed by atoms with Crippen LogP contribution in [0.4, 0.5) is 0 Å². The molecule has 2 aromatic rings. The van der Waals surface area contributed by atoms with Crippen molar-refractivity contribution in [3.63, 3.8) is 0 Å². The fraction of sp³-hybridized carbons (Fsp3) is 0.300. The maximum absolute atomic E-state index is 9.82. The van der Waals surface area contributed by atoms with Gasteiger partial charge in [-0.1, -0.05) is 0 Å². The standard InChI is InChI=1S/C10H11NO2S/c1-7-11-6-10(14-7)9(12)5-8-3-2-4-13-8/h2-4,6,9,12H,5H2,1H3. The van der Waals surface area contributed by atoms with Crippen molar-refractivity contribution < 1.29 is 9.52 Å². The van der Waals surface area contributed by atoms with Crippen LogP contribution in [0.5, 0.6) is 0 Å². The molecular weight excluding hydrogens is 198 g/mol. The van der Waals surface area contributed by atoms with E-state index in [1.807, 2.05) is 19.1 Å². The predicted molar refractivity (Wildman–Crippen MR) is 54.2 cm³/mol. The summed E-state index contributed by atoms with van der Waals surface area (Å²) in [7, 11) is 0. The molecule has 74 valence electrons. The van der Waals surface area contributed by atoms with Crippen LogP contribution >= 0.6 is 11.3 Å². The first-order valence-electron chi connectivity index (χ1n) is 4.38. The Hall–Kier alpha value is -1.13. The Morgan fingerprint density at radius 1 is 1.64 bits per heavy atom. The predicted octanol–water partition coefficient (Wildman–Crippen LogP) is 2.32. The summed E-state index contributed by atoms with van der Waals surface area (Å²) in [6.07, 6.45) is 3.33. The summed E-state index contributed by atoms with van der Waals surface area (Å²) in [5.74, 6) is 0.795. The lowest BCUT2D eigenvalue weighted by Gasteiger charge is -2.04. The van der Waals surface area contributed by atoms with Crippen molar-refractivity contribution in [1.29, 1.82) is 0 Å². The third-order valence-corrected chi connectivity index (χ3v) is 2.96. The quantitative estimate of drug-likeness (QED) is 0.843. The van der Waals surface area contributed by atoms with Gasteiger partial charge in [0.1, 0.15) is 5.76 Å². The molecule has 2 heterocycles. The van der Waals surface area contributed by atoms with E-state index in [4.69, 9.17) is 4.42 Å². The molecule has 1 unspecified atom stereocenters. The molecule has 0 amide bonds. The Balaban J connectivity index is 2.06. The first kappa shape index (κ1) is 9.43. The molecule has 0 aliphatic rings. The van der Waals surface area contributed by atoms with E-state index in [1.165, 1.54) is 11.3 Å². The molecule has 2 rings (SSSR count). The Morgan fingerprint density at radius 3 is 3.07 bits per heavy atom. The van der Waals surface area contributed by atoms with Gasteiger partial charge in [0.05, 0.1) is 22.3 Å². The molecule has 0 saturated heterocycles. The van der Waals surface area contributed by atoms with Crippen molar-refractivity contribution >= 4 is 11.3 Å². The van der Waals surface area contributed by atoms with Crippen LogP contribution in [0.3, 0.4) is 0 Å². The topological polar surface area (TPSA) is 46.3 Å². The highest BCUT2D eigenvalue weighted by molar-refractivity contribution is 7.11. The van der Waals surface area contributed by atoms with Crippen LogP contribution < -0.4 is 0 Å². The van der Waals surface area contributed by atoms with Crippen molar-refractivity contribution in [2.24, 2.45) is 0 Å². The third kappa shape index (κ3) is 2.02. The van der Waals surface area contributed by atoms with Gasteiger partial charge in [-0.2, -0.15) is 0 Å². The van der Waals surface area contributed by atoms with Crippen molar-refractivity contribution in [1.82, 2.24) is 4.98 Å². The van der Waals surface area contributed by atoms with E-state index in [9.17, 15) is 5.11 Å². The van der Waals surface area contributed by atoms with E-state index in [0.717, 1.165) is 15.6 Å². The van der Waals surface area contributed by atoms with E-state index in [0.29, 0.717) is 6.42 Å². The SMILES string of the molecule is Cc1ncc(C(O)Cc2ccco2)s1. The molecule has 0 saturated carbocycles. The lowest BCUT2D eigenvalue weighted by molar-refractivity contribution is 0.174. The van der Waals surface area contributed by atoms with Gasteiger partial charge in [0.25, 0.3) is 0 Å². The molecule has 1 N–H and O–H groups in total. The Labute approximate surface area is 86.0 Å². The van der Waals surface area contributed by atoms with Gasteiger partial charge in [-0.15, -0.1) is 11.3 Å². The number of aromatic nitrogens is 1. The summed E-state index contributed by atoms with van der Waals surface area (Å²) in [4.78, 5) is 4.98. The number of aliphatic hydroxyl groups excluding tert-OH is 1. The van der Waals surface area contributed by atoms with Crippen LogP contribution in [0.1, 0.15) is 21.7 Å². The average Bonchev–Trinajstić information content (AvgIpc) is 2.75. The zero-order chi connectivity index (χ0) is 9.97. The van der Waals surface area contributed by atoms with E-state index >= 15 is 0 Å². The van der Waals surface area contributed by atoms with Crippen LogP contribution in [-0.4, -0.2) is 10.1 Å². The normalized spacial score (nSPS) is 13.0. The van der Waals surface area contributed by atoms with Gasteiger partial charge in [-0.05, 0) is 19.1 Å². The lowest BCUT2D eigenvalue weighted by Crippen LogP contribution is -1.98. The largest absolute Gasteiger partial charge is 0.469 e. The van der Waals surface area contributed by atoms with E-state index in [-0.39, 0.29) is 0 Å². The molecule has 14 heavy (non-hydrogen) atoms. The maximum atomic E-state index is 9.82. The number of hydrogen-bond acceptors (Lipinski definition) is 4. The second-order valence-electron chi connectivity index (χ2n) is 3.08. The Morgan fingerprint density at radius 2 is 2.50 bits per heavy atom. The molecule has 0 radical (unpaired) electrons. The van der Waals surface area contributed by atoms with Gasteiger partial charge in [-0.25, -0.2) is 4.98 Å². The summed E-state index contributed by atoms with van der Waals surface area (Å²) in [5, 5.41) is 10.8. The first-order valence-corrected chi connectivity index (χ1v) is 5.20. The zero-order valence-corrected chi connectivity index (χ0v) is 8.62. The number of nitrogens with zero attached hydrogens (tertiary/aromatic N) is 1. The molecule has 2 aromatic heterocycles. The fourth-order valence-corrected chi connectivity index (χ4v) is 2.02. The van der Waals surface area contributed by atoms with Crippen molar-refractivity contribution in [3.05, 3.63) is 40.2 Å². The number of thiazole rings is 1. The molecular formula is C10H11NO2S. The minimum atomic E-state index is -0.507. The summed E-state index contributed by atoms with van der Waals surface area (Å²) in [6.45, 7) is 1.92. The highest BCUT2D eigenvalue weighted by atomic mass is 32.1. The molecule has 3 nitrogen and oxygen atoms in total. The van der Waals surface area contributed by atoms with Crippen molar-refractivity contribution in [2.45, 2.75) is 19.4 Å². The second kappa shape index (κ2) is 3.94. The number of aliphatic hydroxyl groups is 1. The summed E-state index contributed by atoms with van der Waals surface area (Å²) in [5.41, 5.74) is 0. The highest BCUT2D eigenvalue weighted by Crippen LogP contribution is 2.23. The van der Waals surface area contributed by atoms with Crippen molar-refractivity contribution in [2.75, 3.05) is 0 Å². The first-order chi connectivity index (χ1) is 6.75. The van der Waals surface area contributed by atoms with Gasteiger partial charge in [0.2, 0.25) is 0 Å². The molecule has 0 aliphatic heterocycles. The van der Waals surface area contributed by atoms with E-state index in [2.05, 4.69) is 4.98 Å². The Bertz CT molecular complexity index is 394. The lowest BCUT2D eigenvalue weighted by atomic mass is 10.2. The van der Waals surface area contributed by atoms with Gasteiger partial charge in [0.15, 0.2) is 0 Å². The number of hydrogen-bond donors (Lipinski definition) is 1. The molecule has 0 aromatic carbocycles. The van der Waals surface area contributed by atoms with Gasteiger partial charge < -0.3 is 9.52 Å². The Kier molecular flexibility index (Phi) is 2.65. The van der Waals surface area contributed by atoms with Crippen LogP contribution in [0.25, 0.3) is 0 Å². The van der Waals surface area contributed by atoms with Crippen LogP contribution in [0.2, 0.25) is 0 Å². The smallest absolute Gasteiger partial charge is 0.106 e. The van der Waals surface area contributed by atoms with Crippen molar-refractivity contribution in [3.8, 4) is 0 Å². The fourth-order valence-electron chi connectivity index (χ4n) is 1.25. The average molecular weight is 209 g/mol. The maximum Gasteiger partial charge on any atom is 0.106 e. The van der Waals surface area contributed by atoms with Gasteiger partial charge >= 0.3 is 0 Å². The summed E-state index contributed by atoms with van der Waals surface area (Å²) in [6, 6.07) is 3.68.